The van der Waals surface area contributed by atoms with Gasteiger partial charge in [0.1, 0.15) is 0 Å². The summed E-state index contributed by atoms with van der Waals surface area (Å²) in [4.78, 5) is 0. The molecule has 0 aliphatic carbocycles. The lowest BCUT2D eigenvalue weighted by molar-refractivity contribution is 0.868. The molecule has 0 aliphatic heterocycles. The smallest absolute Gasteiger partial charge is 0.0622 e. The van der Waals surface area contributed by atoms with Gasteiger partial charge in [-0.3, -0.25) is 0 Å². The van der Waals surface area contributed by atoms with Crippen LogP contribution in [0, 0.1) is 0 Å². The van der Waals surface area contributed by atoms with Gasteiger partial charge in [0.05, 0.1) is 0 Å². The summed E-state index contributed by atoms with van der Waals surface area (Å²) in [5.41, 5.74) is 4.16. The molecule has 0 fully saturated rings. The number of benzene rings is 3. The summed E-state index contributed by atoms with van der Waals surface area (Å²) in [7, 11) is -1.32. The Hall–Kier alpha value is -1.91. The second-order valence-electron chi connectivity index (χ2n) is 6.82. The van der Waals surface area contributed by atoms with Crippen LogP contribution in [0.2, 0.25) is 0 Å². The van der Waals surface area contributed by atoms with Gasteiger partial charge in [-0.1, -0.05) is 91.0 Å². The first-order valence-corrected chi connectivity index (χ1v) is 11.2. The van der Waals surface area contributed by atoms with Crippen LogP contribution in [0.15, 0.2) is 91.0 Å². The molecule has 0 bridgehead atoms. The maximum Gasteiger partial charge on any atom is 0.153 e. The lowest BCUT2D eigenvalue weighted by Crippen LogP contribution is -2.31. The third kappa shape index (κ3) is 2.73. The quantitative estimate of drug-likeness (QED) is 0.416. The summed E-state index contributed by atoms with van der Waals surface area (Å²) in [6, 6.07) is 33.0. The topological polar surface area (TPSA) is 0 Å². The molecule has 3 rings (SSSR count). The van der Waals surface area contributed by atoms with Gasteiger partial charge in [0, 0.05) is 43.9 Å². The van der Waals surface area contributed by atoms with Crippen LogP contribution >= 0.6 is 7.26 Å². The van der Waals surface area contributed by atoms with E-state index < -0.39 is 7.26 Å². The predicted octanol–water partition coefficient (Wildman–Crippen LogP) is 5.89. The van der Waals surface area contributed by atoms with Crippen LogP contribution in [0.4, 0.5) is 0 Å². The zero-order chi connectivity index (χ0) is 16.3. The van der Waals surface area contributed by atoms with Gasteiger partial charge in [0.25, 0.3) is 0 Å². The lowest BCUT2D eigenvalue weighted by atomic mass is 9.84. The van der Waals surface area contributed by atoms with E-state index in [0.29, 0.717) is 0 Å². The van der Waals surface area contributed by atoms with Crippen molar-refractivity contribution >= 4 is 7.26 Å². The highest BCUT2D eigenvalue weighted by Gasteiger charge is 2.52. The third-order valence-corrected chi connectivity index (χ3v) is 7.37. The largest absolute Gasteiger partial charge is 0.153 e. The van der Waals surface area contributed by atoms with Gasteiger partial charge in [0.15, 0.2) is 5.16 Å². The molecule has 1 heteroatoms. The Balaban J connectivity index is 2.41. The fourth-order valence-electron chi connectivity index (χ4n) is 3.70. The van der Waals surface area contributed by atoms with Crippen molar-refractivity contribution in [3.05, 3.63) is 108 Å². The maximum absolute atomic E-state index is 2.44. The molecule has 0 unspecified atom stereocenters. The molecular weight excluding hydrogens is 295 g/mol. The minimum absolute atomic E-state index is 0.0726. The van der Waals surface area contributed by atoms with E-state index in [4.69, 9.17) is 0 Å². The maximum atomic E-state index is 2.44. The second kappa shape index (κ2) is 6.30. The minimum Gasteiger partial charge on any atom is -0.0622 e. The van der Waals surface area contributed by atoms with Crippen LogP contribution in [0.1, 0.15) is 16.7 Å². The molecule has 0 saturated carbocycles. The van der Waals surface area contributed by atoms with E-state index in [0.717, 1.165) is 0 Å². The molecule has 0 spiro atoms. The van der Waals surface area contributed by atoms with Gasteiger partial charge in [-0.25, -0.2) is 0 Å². The normalized spacial score (nSPS) is 12.1. The van der Waals surface area contributed by atoms with E-state index in [2.05, 4.69) is 111 Å². The molecule has 0 amide bonds. The van der Waals surface area contributed by atoms with Gasteiger partial charge in [0.2, 0.25) is 0 Å². The van der Waals surface area contributed by atoms with E-state index in [-0.39, 0.29) is 5.16 Å². The Kier molecular flexibility index (Phi) is 4.37. The van der Waals surface area contributed by atoms with Gasteiger partial charge in [-0.05, 0) is 0 Å². The first-order valence-electron chi connectivity index (χ1n) is 8.05. The van der Waals surface area contributed by atoms with Gasteiger partial charge in [-0.2, -0.15) is 0 Å². The van der Waals surface area contributed by atoms with Crippen molar-refractivity contribution in [3.8, 4) is 0 Å². The van der Waals surface area contributed by atoms with Gasteiger partial charge < -0.3 is 0 Å². The van der Waals surface area contributed by atoms with Crippen molar-refractivity contribution < 1.29 is 0 Å². The lowest BCUT2D eigenvalue weighted by Gasteiger charge is -2.40. The van der Waals surface area contributed by atoms with Crippen LogP contribution in [-0.2, 0) is 5.16 Å². The Labute approximate surface area is 140 Å². The molecule has 0 aliphatic rings. The first kappa shape index (κ1) is 16.0. The molecule has 0 nitrogen and oxygen atoms in total. The summed E-state index contributed by atoms with van der Waals surface area (Å²) in [5, 5.41) is -0.0726. The highest BCUT2D eigenvalue weighted by Crippen LogP contribution is 2.70. The van der Waals surface area contributed by atoms with Crippen LogP contribution in [0.3, 0.4) is 0 Å². The Bertz CT molecular complexity index is 644. The molecule has 0 radical (unpaired) electrons. The van der Waals surface area contributed by atoms with E-state index in [9.17, 15) is 0 Å². The first-order chi connectivity index (χ1) is 11.1. The molecule has 3 aromatic carbocycles. The highest BCUT2D eigenvalue weighted by atomic mass is 31.2. The Morgan fingerprint density at radius 2 is 0.739 bits per heavy atom. The molecule has 0 atom stereocenters. The number of hydrogen-bond donors (Lipinski definition) is 0. The van der Waals surface area contributed by atoms with Crippen molar-refractivity contribution in [1.82, 2.24) is 0 Å². The Morgan fingerprint density at radius 1 is 0.478 bits per heavy atom. The molecule has 116 valence electrons. The van der Waals surface area contributed by atoms with Crippen molar-refractivity contribution in [3.63, 3.8) is 0 Å². The summed E-state index contributed by atoms with van der Waals surface area (Å²) < 4.78 is 0. The summed E-state index contributed by atoms with van der Waals surface area (Å²) >= 11 is 0. The molecule has 23 heavy (non-hydrogen) atoms. The average molecular weight is 319 g/mol. The van der Waals surface area contributed by atoms with Crippen molar-refractivity contribution in [2.24, 2.45) is 0 Å². The fourth-order valence-corrected chi connectivity index (χ4v) is 6.47. The van der Waals surface area contributed by atoms with E-state index in [1.165, 1.54) is 16.7 Å². The zero-order valence-corrected chi connectivity index (χ0v) is 15.0. The van der Waals surface area contributed by atoms with Crippen LogP contribution in [0.25, 0.3) is 0 Å². The molecular formula is C22H24P+. The van der Waals surface area contributed by atoms with E-state index >= 15 is 0 Å². The van der Waals surface area contributed by atoms with Crippen LogP contribution in [0.5, 0.6) is 0 Å². The van der Waals surface area contributed by atoms with Crippen LogP contribution in [-0.4, -0.2) is 20.0 Å². The monoisotopic (exact) mass is 319 g/mol. The zero-order valence-electron chi connectivity index (χ0n) is 14.1. The average Bonchev–Trinajstić information content (AvgIpc) is 2.57. The predicted molar refractivity (Wildman–Crippen MR) is 104 cm³/mol. The van der Waals surface area contributed by atoms with Crippen LogP contribution < -0.4 is 0 Å². The van der Waals surface area contributed by atoms with E-state index in [1.54, 1.807) is 0 Å². The summed E-state index contributed by atoms with van der Waals surface area (Å²) in [5.74, 6) is 0. The second-order valence-corrected chi connectivity index (χ2v) is 11.5. The highest BCUT2D eigenvalue weighted by molar-refractivity contribution is 7.75. The van der Waals surface area contributed by atoms with Crippen molar-refractivity contribution in [1.29, 1.82) is 0 Å². The molecule has 0 heterocycles. The molecule has 3 aromatic rings. The standard InChI is InChI=1S/C22H24P/c1-23(2,3)22(19-13-7-4-8-14-19,20-15-9-5-10-16-20)21-17-11-6-12-18-21/h4-18H,1-3H3/q+1. The minimum atomic E-state index is -1.32. The van der Waals surface area contributed by atoms with Crippen molar-refractivity contribution in [2.75, 3.05) is 20.0 Å². The fraction of sp³-hybridized carbons (Fsp3) is 0.182. The SMILES string of the molecule is C[P+](C)(C)C(c1ccccc1)(c1ccccc1)c1ccccc1. The molecule has 0 aromatic heterocycles. The number of hydrogen-bond acceptors (Lipinski definition) is 0. The summed E-state index contributed by atoms with van der Waals surface area (Å²) in [6.07, 6.45) is 0. The Morgan fingerprint density at radius 3 is 0.957 bits per heavy atom. The number of rotatable bonds is 4. The third-order valence-electron chi connectivity index (χ3n) is 4.58. The van der Waals surface area contributed by atoms with Gasteiger partial charge in [-0.15, -0.1) is 0 Å². The molecule has 0 saturated heterocycles. The summed E-state index contributed by atoms with van der Waals surface area (Å²) in [6.45, 7) is 7.33. The van der Waals surface area contributed by atoms with Crippen molar-refractivity contribution in [2.45, 2.75) is 5.16 Å². The molecule has 0 N–H and O–H groups in total. The van der Waals surface area contributed by atoms with Gasteiger partial charge >= 0.3 is 0 Å². The van der Waals surface area contributed by atoms with E-state index in [1.807, 2.05) is 0 Å².